The molecule has 2 atom stereocenters. The van der Waals surface area contributed by atoms with Crippen LogP contribution in [0.1, 0.15) is 47.6 Å². The maximum atomic E-state index is 11.4. The van der Waals surface area contributed by atoms with Crippen LogP contribution in [0, 0.1) is 18.3 Å². The summed E-state index contributed by atoms with van der Waals surface area (Å²) in [4.78, 5) is 17.7. The van der Waals surface area contributed by atoms with Crippen LogP contribution >= 0.6 is 11.6 Å². The highest BCUT2D eigenvalue weighted by Crippen LogP contribution is 2.35. The highest BCUT2D eigenvalue weighted by Gasteiger charge is 2.19. The number of aliphatic hydroxyl groups is 1. The average molecular weight is 685 g/mol. The van der Waals surface area contributed by atoms with Crippen molar-refractivity contribution in [3.8, 4) is 34.4 Å². The molecule has 49 heavy (non-hydrogen) atoms. The number of aliphatic hydroxyl groups excluding tert-OH is 1. The summed E-state index contributed by atoms with van der Waals surface area (Å²) >= 11 is 6.66. The highest BCUT2D eigenvalue weighted by molar-refractivity contribution is 6.32. The predicted molar refractivity (Wildman–Crippen MR) is 187 cm³/mol. The lowest BCUT2D eigenvalue weighted by Gasteiger charge is -2.18. The van der Waals surface area contributed by atoms with Crippen molar-refractivity contribution >= 4 is 17.6 Å². The smallest absolute Gasteiger partial charge is 0.320 e. The van der Waals surface area contributed by atoms with Gasteiger partial charge in [-0.1, -0.05) is 41.9 Å². The quantitative estimate of drug-likeness (QED) is 0.118. The molecule has 0 spiro atoms. The minimum absolute atomic E-state index is 0.137. The van der Waals surface area contributed by atoms with Crippen molar-refractivity contribution in [2.75, 3.05) is 26.2 Å². The zero-order valence-corrected chi connectivity index (χ0v) is 28.4. The summed E-state index contributed by atoms with van der Waals surface area (Å²) in [7, 11) is 0. The fourth-order valence-electron chi connectivity index (χ4n) is 5.66. The predicted octanol–water partition coefficient (Wildman–Crippen LogP) is 6.14. The van der Waals surface area contributed by atoms with E-state index >= 15 is 0 Å². The number of nitriles is 1. The van der Waals surface area contributed by atoms with E-state index in [9.17, 15) is 20.3 Å². The van der Waals surface area contributed by atoms with Gasteiger partial charge in [-0.05, 0) is 73.2 Å². The molecule has 256 valence electrons. The van der Waals surface area contributed by atoms with Gasteiger partial charge in [-0.2, -0.15) is 5.26 Å². The van der Waals surface area contributed by atoms with Gasteiger partial charge in [0, 0.05) is 55.8 Å². The number of aromatic nitrogens is 1. The van der Waals surface area contributed by atoms with Gasteiger partial charge in [0.05, 0.1) is 23.3 Å². The van der Waals surface area contributed by atoms with Gasteiger partial charge in [-0.25, -0.2) is 0 Å². The zero-order chi connectivity index (χ0) is 34.8. The number of hydrogen-bond donors (Lipinski definition) is 3. The normalized spacial score (nSPS) is 15.0. The molecule has 4 aromatic rings. The Balaban J connectivity index is 1.27. The molecule has 1 fully saturated rings. The fourth-order valence-corrected chi connectivity index (χ4v) is 5.90. The third kappa shape index (κ3) is 9.94. The molecule has 1 aliphatic rings. The van der Waals surface area contributed by atoms with Gasteiger partial charge in [0.1, 0.15) is 42.6 Å². The van der Waals surface area contributed by atoms with Crippen LogP contribution in [0.5, 0.6) is 17.2 Å². The lowest BCUT2D eigenvalue weighted by Crippen LogP contribution is -2.33. The van der Waals surface area contributed by atoms with E-state index in [1.54, 1.807) is 31.3 Å². The first-order chi connectivity index (χ1) is 23.7. The van der Waals surface area contributed by atoms with Crippen molar-refractivity contribution in [2.45, 2.75) is 58.6 Å². The van der Waals surface area contributed by atoms with Gasteiger partial charge in [0.2, 0.25) is 0 Å². The first-order valence-electron chi connectivity index (χ1n) is 16.3. The lowest BCUT2D eigenvalue weighted by molar-refractivity contribution is -0.139. The maximum absolute atomic E-state index is 11.4. The number of carbonyl (C=O) groups is 1. The van der Waals surface area contributed by atoms with Crippen molar-refractivity contribution in [3.63, 3.8) is 0 Å². The number of β-amino-alcohol motifs (C(OH)–C–C–N with tert-alkyl or cyclic N) is 1. The van der Waals surface area contributed by atoms with Gasteiger partial charge in [-0.3, -0.25) is 9.78 Å². The molecule has 2 heterocycles. The highest BCUT2D eigenvalue weighted by atomic mass is 35.5. The molecule has 0 aliphatic carbocycles. The minimum atomic E-state index is -0.972. The summed E-state index contributed by atoms with van der Waals surface area (Å²) in [5.41, 5.74) is 5.88. The average Bonchev–Trinajstić information content (AvgIpc) is 3.53. The number of halogens is 1. The van der Waals surface area contributed by atoms with Crippen LogP contribution < -0.4 is 19.5 Å². The molecule has 1 aliphatic heterocycles. The van der Waals surface area contributed by atoms with Crippen LogP contribution in [0.15, 0.2) is 73.1 Å². The number of carboxylic acids is 1. The summed E-state index contributed by atoms with van der Waals surface area (Å²) in [6, 6.07) is 20.6. The second-order valence-electron chi connectivity index (χ2n) is 12.2. The largest absolute Gasteiger partial charge is 0.493 e. The van der Waals surface area contributed by atoms with Gasteiger partial charge < -0.3 is 34.6 Å². The van der Waals surface area contributed by atoms with E-state index in [1.807, 2.05) is 24.3 Å². The van der Waals surface area contributed by atoms with E-state index in [2.05, 4.69) is 46.4 Å². The van der Waals surface area contributed by atoms with Crippen LogP contribution in [-0.2, 0) is 24.6 Å². The third-order valence-corrected chi connectivity index (χ3v) is 8.74. The number of aliphatic carboxylic acids is 1. The Bertz CT molecular complexity index is 1790. The molecule has 1 saturated heterocycles. The Morgan fingerprint density at radius 1 is 1.06 bits per heavy atom. The van der Waals surface area contributed by atoms with Crippen molar-refractivity contribution in [2.24, 2.45) is 0 Å². The topological polar surface area (TPSA) is 137 Å². The van der Waals surface area contributed by atoms with Crippen LogP contribution in [0.3, 0.4) is 0 Å². The van der Waals surface area contributed by atoms with E-state index in [1.165, 1.54) is 6.20 Å². The standard InChI is InChI=1S/C38H41ClN4O6/c1-25-33(8-4-9-35(25)47-13-5-11-43-12-10-32(44)22-43)30-7-3-6-27(15-30)23-49-37-17-36(48-24-29-14-28(18-40)19-41-20-29)31(16-34(37)39)21-42-26(2)38(45)46/h3-4,6-9,14-17,19-20,26,32,42,44H,5,10-13,21-24H2,1-2H3,(H,45,46). The minimum Gasteiger partial charge on any atom is -0.493 e. The Morgan fingerprint density at radius 3 is 2.63 bits per heavy atom. The number of likely N-dealkylation sites (tertiary alicyclic amines) is 1. The molecule has 0 amide bonds. The molecule has 3 N–H and O–H groups in total. The summed E-state index contributed by atoms with van der Waals surface area (Å²) in [5.74, 6) is 0.754. The van der Waals surface area contributed by atoms with Crippen molar-refractivity contribution in [3.05, 3.63) is 106 Å². The van der Waals surface area contributed by atoms with Crippen molar-refractivity contribution in [1.82, 2.24) is 15.2 Å². The molecule has 10 nitrogen and oxygen atoms in total. The molecule has 1 aromatic heterocycles. The Kier molecular flexibility index (Phi) is 12.5. The van der Waals surface area contributed by atoms with E-state index in [4.69, 9.17) is 25.8 Å². The zero-order valence-electron chi connectivity index (χ0n) is 27.7. The SMILES string of the molecule is Cc1c(OCCCN2CCC(O)C2)cccc1-c1cccc(COc2cc(OCc3cncc(C#N)c3)c(CNC(C)C(=O)O)cc2Cl)c1. The molecule has 0 radical (unpaired) electrons. The van der Waals surface area contributed by atoms with Crippen LogP contribution in [0.4, 0.5) is 0 Å². The monoisotopic (exact) mass is 684 g/mol. The number of rotatable bonds is 16. The van der Waals surface area contributed by atoms with E-state index in [0.29, 0.717) is 39.8 Å². The summed E-state index contributed by atoms with van der Waals surface area (Å²) in [6.07, 6.45) is 4.62. The van der Waals surface area contributed by atoms with Gasteiger partial charge in [-0.15, -0.1) is 0 Å². The van der Waals surface area contributed by atoms with Gasteiger partial charge in [0.15, 0.2) is 0 Å². The van der Waals surface area contributed by atoms with E-state index in [0.717, 1.165) is 60.5 Å². The summed E-state index contributed by atoms with van der Waals surface area (Å²) in [6.45, 7) is 7.39. The number of hydrogen-bond acceptors (Lipinski definition) is 9. The first-order valence-corrected chi connectivity index (χ1v) is 16.7. The Hall–Kier alpha value is -4.66. The second kappa shape index (κ2) is 17.1. The molecular weight excluding hydrogens is 644 g/mol. The number of pyridine rings is 1. The number of ether oxygens (including phenoxy) is 3. The Labute approximate surface area is 291 Å². The number of nitrogens with zero attached hydrogens (tertiary/aromatic N) is 3. The van der Waals surface area contributed by atoms with Crippen LogP contribution in [0.25, 0.3) is 11.1 Å². The van der Waals surface area contributed by atoms with E-state index < -0.39 is 12.0 Å². The number of benzene rings is 3. The van der Waals surface area contributed by atoms with Crippen molar-refractivity contribution in [1.29, 1.82) is 5.26 Å². The molecule has 2 unspecified atom stereocenters. The summed E-state index contributed by atoms with van der Waals surface area (Å²) < 4.78 is 18.5. The first kappa shape index (κ1) is 35.6. The molecule has 11 heteroatoms. The summed E-state index contributed by atoms with van der Waals surface area (Å²) in [5, 5.41) is 31.6. The molecular formula is C38H41ClN4O6. The van der Waals surface area contributed by atoms with Gasteiger partial charge >= 0.3 is 5.97 Å². The number of nitrogens with one attached hydrogen (secondary N) is 1. The van der Waals surface area contributed by atoms with Gasteiger partial charge in [0.25, 0.3) is 0 Å². The van der Waals surface area contributed by atoms with Crippen LogP contribution in [0.2, 0.25) is 5.02 Å². The number of carboxylic acid groups (broad SMARTS) is 1. The molecule has 5 rings (SSSR count). The van der Waals surface area contributed by atoms with Crippen molar-refractivity contribution < 1.29 is 29.2 Å². The molecule has 0 saturated carbocycles. The fraction of sp³-hybridized carbons (Fsp3) is 0.342. The third-order valence-electron chi connectivity index (χ3n) is 8.44. The Morgan fingerprint density at radius 2 is 1.86 bits per heavy atom. The maximum Gasteiger partial charge on any atom is 0.320 e. The van der Waals surface area contributed by atoms with E-state index in [-0.39, 0.29) is 25.9 Å². The second-order valence-corrected chi connectivity index (χ2v) is 12.6. The molecule has 3 aromatic carbocycles. The lowest BCUT2D eigenvalue weighted by atomic mass is 9.98. The molecule has 0 bridgehead atoms. The van der Waals surface area contributed by atoms with Crippen LogP contribution in [-0.4, -0.2) is 64.5 Å².